The Morgan fingerprint density at radius 2 is 2.23 bits per heavy atom. The monoisotopic (exact) mass is 185 g/mol. The van der Waals surface area contributed by atoms with Crippen molar-refractivity contribution >= 4 is 5.97 Å². The summed E-state index contributed by atoms with van der Waals surface area (Å²) in [7, 11) is 0. The summed E-state index contributed by atoms with van der Waals surface area (Å²) in [6.07, 6.45) is 2.55. The first-order chi connectivity index (χ1) is 6.07. The van der Waals surface area contributed by atoms with E-state index in [2.05, 4.69) is 12.2 Å². The summed E-state index contributed by atoms with van der Waals surface area (Å²) >= 11 is 0. The maximum Gasteiger partial charge on any atom is 0.322 e. The van der Waals surface area contributed by atoms with E-state index in [9.17, 15) is 4.79 Å². The SMILES string of the molecule is CCOC(=O)C(C)NCC1(C)CC1. The molecule has 13 heavy (non-hydrogen) atoms. The molecule has 0 heterocycles. The van der Waals surface area contributed by atoms with E-state index < -0.39 is 0 Å². The van der Waals surface area contributed by atoms with Gasteiger partial charge >= 0.3 is 5.97 Å². The van der Waals surface area contributed by atoms with Gasteiger partial charge in [0.15, 0.2) is 0 Å². The van der Waals surface area contributed by atoms with Crippen LogP contribution in [0.25, 0.3) is 0 Å². The first-order valence-corrected chi connectivity index (χ1v) is 4.97. The van der Waals surface area contributed by atoms with E-state index in [1.807, 2.05) is 13.8 Å². The van der Waals surface area contributed by atoms with Gasteiger partial charge in [-0.1, -0.05) is 6.92 Å². The van der Waals surface area contributed by atoms with Crippen LogP contribution in [0.4, 0.5) is 0 Å². The molecule has 0 aromatic carbocycles. The number of hydrogen-bond donors (Lipinski definition) is 1. The molecule has 1 rings (SSSR count). The highest BCUT2D eigenvalue weighted by molar-refractivity contribution is 5.75. The smallest absolute Gasteiger partial charge is 0.322 e. The van der Waals surface area contributed by atoms with Gasteiger partial charge in [-0.15, -0.1) is 0 Å². The topological polar surface area (TPSA) is 38.3 Å². The Labute approximate surface area is 79.8 Å². The quantitative estimate of drug-likeness (QED) is 0.657. The molecule has 0 aromatic heterocycles. The van der Waals surface area contributed by atoms with E-state index in [1.165, 1.54) is 12.8 Å². The maximum absolute atomic E-state index is 11.2. The van der Waals surface area contributed by atoms with Gasteiger partial charge in [-0.25, -0.2) is 0 Å². The summed E-state index contributed by atoms with van der Waals surface area (Å²) in [5, 5.41) is 3.20. The maximum atomic E-state index is 11.2. The molecule has 1 aliphatic carbocycles. The Morgan fingerprint density at radius 3 is 2.69 bits per heavy atom. The lowest BCUT2D eigenvalue weighted by atomic mass is 10.1. The van der Waals surface area contributed by atoms with Crippen LogP contribution in [0.3, 0.4) is 0 Å². The van der Waals surface area contributed by atoms with Crippen molar-refractivity contribution in [2.24, 2.45) is 5.41 Å². The number of carbonyl (C=O) groups is 1. The number of carbonyl (C=O) groups excluding carboxylic acids is 1. The Morgan fingerprint density at radius 1 is 1.62 bits per heavy atom. The summed E-state index contributed by atoms with van der Waals surface area (Å²) < 4.78 is 4.89. The van der Waals surface area contributed by atoms with Gasteiger partial charge in [0, 0.05) is 6.54 Å². The number of nitrogens with one attached hydrogen (secondary N) is 1. The molecule has 0 aromatic rings. The van der Waals surface area contributed by atoms with Crippen LogP contribution >= 0.6 is 0 Å². The minimum absolute atomic E-state index is 0.147. The molecule has 0 aliphatic heterocycles. The summed E-state index contributed by atoms with van der Waals surface area (Å²) in [6, 6.07) is -0.169. The van der Waals surface area contributed by atoms with Gasteiger partial charge in [-0.3, -0.25) is 4.79 Å². The molecule has 0 radical (unpaired) electrons. The fourth-order valence-electron chi connectivity index (χ4n) is 1.14. The zero-order valence-electron chi connectivity index (χ0n) is 8.72. The predicted octanol–water partition coefficient (Wildman–Crippen LogP) is 1.33. The standard InChI is InChI=1S/C10H19NO2/c1-4-13-9(12)8(2)11-7-10(3)5-6-10/h8,11H,4-7H2,1-3H3. The van der Waals surface area contributed by atoms with Crippen LogP contribution in [0.2, 0.25) is 0 Å². The fourth-order valence-corrected chi connectivity index (χ4v) is 1.14. The van der Waals surface area contributed by atoms with Crippen LogP contribution in [0, 0.1) is 5.41 Å². The molecule has 3 nitrogen and oxygen atoms in total. The van der Waals surface area contributed by atoms with Crippen LogP contribution in [-0.4, -0.2) is 25.2 Å². The second kappa shape index (κ2) is 4.09. The van der Waals surface area contributed by atoms with Gasteiger partial charge in [0.1, 0.15) is 6.04 Å². The molecule has 3 heteroatoms. The van der Waals surface area contributed by atoms with Gasteiger partial charge in [-0.05, 0) is 32.1 Å². The fraction of sp³-hybridized carbons (Fsp3) is 0.900. The average Bonchev–Trinajstić information content (AvgIpc) is 2.81. The average molecular weight is 185 g/mol. The van der Waals surface area contributed by atoms with Crippen molar-refractivity contribution in [1.82, 2.24) is 5.32 Å². The zero-order chi connectivity index (χ0) is 9.90. The molecule has 0 saturated heterocycles. The lowest BCUT2D eigenvalue weighted by Gasteiger charge is -2.15. The Balaban J connectivity index is 2.16. The van der Waals surface area contributed by atoms with Crippen molar-refractivity contribution in [3.05, 3.63) is 0 Å². The van der Waals surface area contributed by atoms with E-state index in [1.54, 1.807) is 0 Å². The first kappa shape index (κ1) is 10.5. The molecule has 0 spiro atoms. The molecule has 1 atom stereocenters. The normalized spacial score (nSPS) is 20.8. The van der Waals surface area contributed by atoms with Crippen LogP contribution < -0.4 is 5.32 Å². The Kier molecular flexibility index (Phi) is 3.31. The molecular weight excluding hydrogens is 166 g/mol. The lowest BCUT2D eigenvalue weighted by Crippen LogP contribution is -2.38. The third kappa shape index (κ3) is 3.35. The molecule has 1 aliphatic rings. The minimum atomic E-state index is -0.169. The number of rotatable bonds is 5. The second-order valence-corrected chi connectivity index (χ2v) is 4.17. The van der Waals surface area contributed by atoms with E-state index in [0.29, 0.717) is 12.0 Å². The Hall–Kier alpha value is -0.570. The summed E-state index contributed by atoms with van der Waals surface area (Å²) in [6.45, 7) is 7.30. The zero-order valence-corrected chi connectivity index (χ0v) is 8.72. The highest BCUT2D eigenvalue weighted by Gasteiger charge is 2.37. The van der Waals surface area contributed by atoms with Crippen LogP contribution in [0.15, 0.2) is 0 Å². The lowest BCUT2D eigenvalue weighted by molar-refractivity contribution is -0.145. The molecular formula is C10H19NO2. The number of ether oxygens (including phenoxy) is 1. The van der Waals surface area contributed by atoms with Crippen LogP contribution in [0.5, 0.6) is 0 Å². The van der Waals surface area contributed by atoms with Crippen molar-refractivity contribution in [3.63, 3.8) is 0 Å². The van der Waals surface area contributed by atoms with Gasteiger partial charge < -0.3 is 10.1 Å². The van der Waals surface area contributed by atoms with Crippen molar-refractivity contribution in [1.29, 1.82) is 0 Å². The van der Waals surface area contributed by atoms with Crippen molar-refractivity contribution < 1.29 is 9.53 Å². The van der Waals surface area contributed by atoms with E-state index in [0.717, 1.165) is 6.54 Å². The summed E-state index contributed by atoms with van der Waals surface area (Å²) in [5.74, 6) is -0.147. The molecule has 1 unspecified atom stereocenters. The molecule has 0 amide bonds. The molecule has 0 bridgehead atoms. The van der Waals surface area contributed by atoms with Gasteiger partial charge in [0.25, 0.3) is 0 Å². The number of esters is 1. The third-order valence-electron chi connectivity index (χ3n) is 2.58. The largest absolute Gasteiger partial charge is 0.465 e. The van der Waals surface area contributed by atoms with Crippen molar-refractivity contribution in [3.8, 4) is 0 Å². The minimum Gasteiger partial charge on any atom is -0.465 e. The molecule has 1 N–H and O–H groups in total. The molecule has 1 saturated carbocycles. The molecule has 1 fully saturated rings. The highest BCUT2D eigenvalue weighted by Crippen LogP contribution is 2.44. The van der Waals surface area contributed by atoms with E-state index in [4.69, 9.17) is 4.74 Å². The van der Waals surface area contributed by atoms with Gasteiger partial charge in [0.05, 0.1) is 6.61 Å². The van der Waals surface area contributed by atoms with Crippen LogP contribution in [-0.2, 0) is 9.53 Å². The van der Waals surface area contributed by atoms with E-state index >= 15 is 0 Å². The second-order valence-electron chi connectivity index (χ2n) is 4.17. The first-order valence-electron chi connectivity index (χ1n) is 4.97. The van der Waals surface area contributed by atoms with Crippen molar-refractivity contribution in [2.45, 2.75) is 39.7 Å². The third-order valence-corrected chi connectivity index (χ3v) is 2.58. The highest BCUT2D eigenvalue weighted by atomic mass is 16.5. The predicted molar refractivity (Wildman–Crippen MR) is 51.4 cm³/mol. The summed E-state index contributed by atoms with van der Waals surface area (Å²) in [4.78, 5) is 11.2. The van der Waals surface area contributed by atoms with Gasteiger partial charge in [0.2, 0.25) is 0 Å². The van der Waals surface area contributed by atoms with Gasteiger partial charge in [-0.2, -0.15) is 0 Å². The number of hydrogen-bond acceptors (Lipinski definition) is 3. The Bertz CT molecular complexity index is 187. The summed E-state index contributed by atoms with van der Waals surface area (Å²) in [5.41, 5.74) is 0.445. The molecule has 76 valence electrons. The van der Waals surface area contributed by atoms with Crippen LogP contribution in [0.1, 0.15) is 33.6 Å². The van der Waals surface area contributed by atoms with Crippen molar-refractivity contribution in [2.75, 3.05) is 13.2 Å². The van der Waals surface area contributed by atoms with E-state index in [-0.39, 0.29) is 12.0 Å².